The van der Waals surface area contributed by atoms with Gasteiger partial charge in [0.05, 0.1) is 6.54 Å². The van der Waals surface area contributed by atoms with Crippen molar-refractivity contribution in [3.05, 3.63) is 71.9 Å². The number of carbonyl (C=O) groups excluding carboxylic acids is 4. The Morgan fingerprint density at radius 1 is 0.900 bits per heavy atom. The molecule has 1 aliphatic heterocycles. The zero-order valence-corrected chi connectivity index (χ0v) is 16.1. The molecule has 8 nitrogen and oxygen atoms in total. The summed E-state index contributed by atoms with van der Waals surface area (Å²) < 4.78 is 0. The standard InChI is InChI=1S/C22H20N4O4/c27-19(23-11-10-16-12-24-18-9-5-4-8-17(16)18)14-26-21(29)20(28)25(22(26)30)13-15-6-2-1-3-7-15/h1-9,12,24H,10-11,13-14H2,(H,23,27). The van der Waals surface area contributed by atoms with Crippen molar-refractivity contribution in [3.8, 4) is 0 Å². The number of rotatable bonds is 7. The van der Waals surface area contributed by atoms with Gasteiger partial charge in [0.1, 0.15) is 6.54 Å². The van der Waals surface area contributed by atoms with Crippen molar-refractivity contribution in [3.63, 3.8) is 0 Å². The number of carbonyl (C=O) groups is 4. The highest BCUT2D eigenvalue weighted by atomic mass is 16.2. The SMILES string of the molecule is O=C(CN1C(=O)C(=O)N(Cc2ccccc2)C1=O)NCCc1c[nH]c2ccccc12. The van der Waals surface area contributed by atoms with Crippen molar-refractivity contribution in [1.29, 1.82) is 0 Å². The first-order valence-electron chi connectivity index (χ1n) is 9.57. The van der Waals surface area contributed by atoms with Crippen LogP contribution in [-0.2, 0) is 27.3 Å². The molecule has 5 amide bonds. The summed E-state index contributed by atoms with van der Waals surface area (Å²) in [6.07, 6.45) is 2.49. The van der Waals surface area contributed by atoms with Gasteiger partial charge in [-0.25, -0.2) is 9.69 Å². The van der Waals surface area contributed by atoms with Crippen molar-refractivity contribution in [1.82, 2.24) is 20.1 Å². The number of benzene rings is 2. The molecule has 4 rings (SSSR count). The van der Waals surface area contributed by atoms with E-state index in [0.717, 1.165) is 26.9 Å². The van der Waals surface area contributed by atoms with Gasteiger partial charge in [0, 0.05) is 23.6 Å². The molecule has 3 aromatic rings. The van der Waals surface area contributed by atoms with Crippen molar-refractivity contribution in [2.75, 3.05) is 13.1 Å². The molecule has 0 unspecified atom stereocenters. The third-order valence-corrected chi connectivity index (χ3v) is 5.01. The second-order valence-electron chi connectivity index (χ2n) is 7.01. The molecule has 1 fully saturated rings. The van der Waals surface area contributed by atoms with E-state index in [2.05, 4.69) is 10.3 Å². The van der Waals surface area contributed by atoms with Crippen LogP contribution in [0.4, 0.5) is 4.79 Å². The third kappa shape index (κ3) is 3.80. The molecule has 0 radical (unpaired) electrons. The Kier molecular flexibility index (Phi) is 5.30. The highest BCUT2D eigenvalue weighted by Gasteiger charge is 2.45. The second kappa shape index (κ2) is 8.20. The minimum absolute atomic E-state index is 0.0110. The molecule has 0 atom stereocenters. The Labute approximate surface area is 172 Å². The Morgan fingerprint density at radius 3 is 2.40 bits per heavy atom. The van der Waals surface area contributed by atoms with Gasteiger partial charge < -0.3 is 10.3 Å². The normalized spacial score (nSPS) is 14.1. The molecular formula is C22H20N4O4. The van der Waals surface area contributed by atoms with Crippen LogP contribution < -0.4 is 5.32 Å². The number of nitrogens with one attached hydrogen (secondary N) is 2. The largest absolute Gasteiger partial charge is 0.361 e. The number of hydrogen-bond acceptors (Lipinski definition) is 4. The minimum atomic E-state index is -0.984. The van der Waals surface area contributed by atoms with Gasteiger partial charge in [-0.05, 0) is 23.6 Å². The van der Waals surface area contributed by atoms with Gasteiger partial charge in [0.25, 0.3) is 0 Å². The number of amides is 5. The third-order valence-electron chi connectivity index (χ3n) is 5.01. The fourth-order valence-electron chi connectivity index (χ4n) is 3.47. The predicted octanol–water partition coefficient (Wildman–Crippen LogP) is 1.82. The number of H-pyrrole nitrogens is 1. The monoisotopic (exact) mass is 404 g/mol. The lowest BCUT2D eigenvalue weighted by Gasteiger charge is -2.15. The topological polar surface area (TPSA) is 103 Å². The van der Waals surface area contributed by atoms with E-state index in [0.29, 0.717) is 17.9 Å². The van der Waals surface area contributed by atoms with E-state index in [1.807, 2.05) is 36.5 Å². The van der Waals surface area contributed by atoms with E-state index in [-0.39, 0.29) is 6.54 Å². The number of aromatic amines is 1. The first-order chi connectivity index (χ1) is 14.5. The summed E-state index contributed by atoms with van der Waals surface area (Å²) in [6, 6.07) is 16.0. The molecule has 1 saturated heterocycles. The maximum Gasteiger partial charge on any atom is 0.335 e. The van der Waals surface area contributed by atoms with Gasteiger partial charge in [0.2, 0.25) is 5.91 Å². The Bertz CT molecular complexity index is 1120. The molecule has 2 aromatic carbocycles. The van der Waals surface area contributed by atoms with E-state index in [1.54, 1.807) is 24.3 Å². The number of para-hydroxylation sites is 1. The summed E-state index contributed by atoms with van der Waals surface area (Å²) >= 11 is 0. The molecule has 0 aliphatic carbocycles. The molecule has 30 heavy (non-hydrogen) atoms. The first-order valence-corrected chi connectivity index (χ1v) is 9.57. The number of hydrogen-bond donors (Lipinski definition) is 2. The van der Waals surface area contributed by atoms with Crippen LogP contribution in [0.5, 0.6) is 0 Å². The average Bonchev–Trinajstić information content (AvgIpc) is 3.25. The smallest absolute Gasteiger partial charge is 0.335 e. The van der Waals surface area contributed by atoms with Gasteiger partial charge in [-0.1, -0.05) is 48.5 Å². The number of urea groups is 1. The lowest BCUT2D eigenvalue weighted by Crippen LogP contribution is -2.41. The van der Waals surface area contributed by atoms with Crippen LogP contribution in [0.3, 0.4) is 0 Å². The van der Waals surface area contributed by atoms with Crippen LogP contribution in [0.2, 0.25) is 0 Å². The molecule has 8 heteroatoms. The van der Waals surface area contributed by atoms with Gasteiger partial charge >= 0.3 is 17.8 Å². The van der Waals surface area contributed by atoms with Crippen LogP contribution in [0.1, 0.15) is 11.1 Å². The minimum Gasteiger partial charge on any atom is -0.361 e. The molecule has 2 N–H and O–H groups in total. The second-order valence-corrected chi connectivity index (χ2v) is 7.01. The molecule has 0 saturated carbocycles. The van der Waals surface area contributed by atoms with Crippen molar-refractivity contribution >= 4 is 34.7 Å². The maximum absolute atomic E-state index is 12.5. The fourth-order valence-corrected chi connectivity index (χ4v) is 3.47. The number of fused-ring (bicyclic) bond motifs is 1. The summed E-state index contributed by atoms with van der Waals surface area (Å²) in [4.78, 5) is 53.8. The molecule has 2 heterocycles. The lowest BCUT2D eigenvalue weighted by atomic mass is 10.1. The van der Waals surface area contributed by atoms with Gasteiger partial charge in [-0.15, -0.1) is 0 Å². The molecule has 0 bridgehead atoms. The van der Waals surface area contributed by atoms with Crippen LogP contribution >= 0.6 is 0 Å². The zero-order chi connectivity index (χ0) is 21.1. The van der Waals surface area contributed by atoms with Crippen LogP contribution in [0.25, 0.3) is 10.9 Å². The van der Waals surface area contributed by atoms with Crippen LogP contribution in [-0.4, -0.2) is 51.6 Å². The highest BCUT2D eigenvalue weighted by Crippen LogP contribution is 2.18. The summed E-state index contributed by atoms with van der Waals surface area (Å²) in [6.45, 7) is -0.149. The summed E-state index contributed by atoms with van der Waals surface area (Å²) in [5, 5.41) is 3.79. The predicted molar refractivity (Wildman–Crippen MR) is 109 cm³/mol. The Balaban J connectivity index is 1.33. The molecule has 0 spiro atoms. The Hall–Kier alpha value is -3.94. The number of aromatic nitrogens is 1. The molecular weight excluding hydrogens is 384 g/mol. The molecule has 1 aromatic heterocycles. The summed E-state index contributed by atoms with van der Waals surface area (Å²) in [5.74, 6) is -2.40. The van der Waals surface area contributed by atoms with Crippen LogP contribution in [0.15, 0.2) is 60.8 Å². The summed E-state index contributed by atoms with van der Waals surface area (Å²) in [7, 11) is 0. The van der Waals surface area contributed by atoms with E-state index in [1.165, 1.54) is 0 Å². The van der Waals surface area contributed by atoms with E-state index in [9.17, 15) is 19.2 Å². The summed E-state index contributed by atoms with van der Waals surface area (Å²) in [5.41, 5.74) is 2.80. The van der Waals surface area contributed by atoms with E-state index in [4.69, 9.17) is 0 Å². The highest BCUT2D eigenvalue weighted by molar-refractivity contribution is 6.44. The van der Waals surface area contributed by atoms with Crippen molar-refractivity contribution in [2.24, 2.45) is 0 Å². The number of nitrogens with zero attached hydrogens (tertiary/aromatic N) is 2. The quantitative estimate of drug-likeness (QED) is 0.463. The Morgan fingerprint density at radius 2 is 1.60 bits per heavy atom. The van der Waals surface area contributed by atoms with E-state index >= 15 is 0 Å². The average molecular weight is 404 g/mol. The van der Waals surface area contributed by atoms with Gasteiger partial charge in [-0.2, -0.15) is 0 Å². The number of imide groups is 2. The van der Waals surface area contributed by atoms with Gasteiger partial charge in [0.15, 0.2) is 0 Å². The molecule has 1 aliphatic rings. The fraction of sp³-hybridized carbons (Fsp3) is 0.182. The first kappa shape index (κ1) is 19.4. The van der Waals surface area contributed by atoms with Crippen molar-refractivity contribution < 1.29 is 19.2 Å². The van der Waals surface area contributed by atoms with Gasteiger partial charge in [-0.3, -0.25) is 19.3 Å². The lowest BCUT2D eigenvalue weighted by molar-refractivity contribution is -0.144. The zero-order valence-electron chi connectivity index (χ0n) is 16.1. The van der Waals surface area contributed by atoms with E-state index < -0.39 is 30.3 Å². The molecule has 152 valence electrons. The van der Waals surface area contributed by atoms with Crippen LogP contribution in [0, 0.1) is 0 Å². The van der Waals surface area contributed by atoms with Crippen molar-refractivity contribution in [2.45, 2.75) is 13.0 Å². The maximum atomic E-state index is 12.5.